The number of hydrogen-bond donors (Lipinski definition) is 0. The number of rotatable bonds is 2. The minimum atomic E-state index is 0.841. The van der Waals surface area contributed by atoms with Crippen LogP contribution < -0.4 is 0 Å². The van der Waals surface area contributed by atoms with Gasteiger partial charge in [0, 0.05) is 0 Å². The van der Waals surface area contributed by atoms with Crippen LogP contribution in [-0.4, -0.2) is 0 Å². The van der Waals surface area contributed by atoms with Gasteiger partial charge in [0.2, 0.25) is 0 Å². The highest BCUT2D eigenvalue weighted by molar-refractivity contribution is 5.00. The lowest BCUT2D eigenvalue weighted by Gasteiger charge is -2.31. The lowest BCUT2D eigenvalue weighted by atomic mass is 9.75. The Kier molecular flexibility index (Phi) is 3.16. The van der Waals surface area contributed by atoms with Crippen LogP contribution in [0.3, 0.4) is 0 Å². The van der Waals surface area contributed by atoms with Crippen LogP contribution in [0.2, 0.25) is 0 Å². The Morgan fingerprint density at radius 3 is 2.45 bits per heavy atom. The van der Waals surface area contributed by atoms with E-state index in [1.54, 1.807) is 0 Å². The van der Waals surface area contributed by atoms with Crippen molar-refractivity contribution in [2.75, 3.05) is 0 Å². The maximum absolute atomic E-state index is 4.08. The van der Waals surface area contributed by atoms with Crippen LogP contribution in [0.5, 0.6) is 0 Å². The standard InChI is InChI=1S/C11H20/c1-4-10-7-5-6-8-11(10)9(2)3/h10-11H,2,4-8H2,1,3H3. The van der Waals surface area contributed by atoms with Crippen molar-refractivity contribution < 1.29 is 0 Å². The van der Waals surface area contributed by atoms with Crippen molar-refractivity contribution in [2.24, 2.45) is 11.8 Å². The molecule has 0 aromatic rings. The highest BCUT2D eigenvalue weighted by atomic mass is 14.3. The molecule has 1 saturated carbocycles. The topological polar surface area (TPSA) is 0 Å². The van der Waals surface area contributed by atoms with Gasteiger partial charge in [-0.15, -0.1) is 0 Å². The molecule has 0 aliphatic heterocycles. The van der Waals surface area contributed by atoms with Gasteiger partial charge in [-0.2, -0.15) is 0 Å². The third kappa shape index (κ3) is 2.08. The van der Waals surface area contributed by atoms with Crippen LogP contribution in [-0.2, 0) is 0 Å². The van der Waals surface area contributed by atoms with Crippen molar-refractivity contribution >= 4 is 0 Å². The van der Waals surface area contributed by atoms with Crippen molar-refractivity contribution in [1.82, 2.24) is 0 Å². The molecule has 0 aromatic heterocycles. The Hall–Kier alpha value is -0.260. The Morgan fingerprint density at radius 2 is 2.00 bits per heavy atom. The average molecular weight is 152 g/mol. The fourth-order valence-electron chi connectivity index (χ4n) is 2.35. The van der Waals surface area contributed by atoms with E-state index in [1.807, 2.05) is 0 Å². The molecule has 0 heteroatoms. The minimum Gasteiger partial charge on any atom is -0.0999 e. The molecule has 0 saturated heterocycles. The molecule has 0 N–H and O–H groups in total. The summed E-state index contributed by atoms with van der Waals surface area (Å²) in [7, 11) is 0. The molecule has 0 radical (unpaired) electrons. The second-order valence-corrected chi connectivity index (χ2v) is 3.91. The van der Waals surface area contributed by atoms with Crippen molar-refractivity contribution in [2.45, 2.75) is 46.0 Å². The van der Waals surface area contributed by atoms with Crippen molar-refractivity contribution in [3.05, 3.63) is 12.2 Å². The summed E-state index contributed by atoms with van der Waals surface area (Å²) in [5, 5.41) is 0. The molecule has 0 bridgehead atoms. The first-order valence-corrected chi connectivity index (χ1v) is 4.91. The first kappa shape index (κ1) is 8.83. The Labute approximate surface area is 70.7 Å². The molecule has 2 unspecified atom stereocenters. The van der Waals surface area contributed by atoms with E-state index in [1.165, 1.54) is 37.7 Å². The molecule has 1 aliphatic carbocycles. The molecule has 2 atom stereocenters. The third-order valence-corrected chi connectivity index (χ3v) is 3.07. The molecule has 0 amide bonds. The van der Waals surface area contributed by atoms with Crippen molar-refractivity contribution in [3.63, 3.8) is 0 Å². The first-order chi connectivity index (χ1) is 5.25. The van der Waals surface area contributed by atoms with E-state index in [-0.39, 0.29) is 0 Å². The monoisotopic (exact) mass is 152 g/mol. The Morgan fingerprint density at radius 1 is 1.36 bits per heavy atom. The predicted molar refractivity (Wildman–Crippen MR) is 50.6 cm³/mol. The quantitative estimate of drug-likeness (QED) is 0.528. The zero-order valence-corrected chi connectivity index (χ0v) is 7.90. The Balaban J connectivity index is 2.51. The summed E-state index contributed by atoms with van der Waals surface area (Å²) in [5.41, 5.74) is 1.41. The fraction of sp³-hybridized carbons (Fsp3) is 0.818. The zero-order valence-electron chi connectivity index (χ0n) is 7.90. The smallest absolute Gasteiger partial charge is 0.0180 e. The average Bonchev–Trinajstić information content (AvgIpc) is 2.04. The van der Waals surface area contributed by atoms with Gasteiger partial charge in [0.15, 0.2) is 0 Å². The summed E-state index contributed by atoms with van der Waals surface area (Å²) in [6.07, 6.45) is 7.05. The summed E-state index contributed by atoms with van der Waals surface area (Å²) < 4.78 is 0. The molecule has 0 aromatic carbocycles. The maximum Gasteiger partial charge on any atom is -0.0180 e. The fourth-order valence-corrected chi connectivity index (χ4v) is 2.35. The van der Waals surface area contributed by atoms with E-state index < -0.39 is 0 Å². The van der Waals surface area contributed by atoms with Crippen LogP contribution in [0, 0.1) is 11.8 Å². The van der Waals surface area contributed by atoms with E-state index >= 15 is 0 Å². The third-order valence-electron chi connectivity index (χ3n) is 3.07. The van der Waals surface area contributed by atoms with Gasteiger partial charge in [-0.05, 0) is 31.6 Å². The largest absolute Gasteiger partial charge is 0.0999 e. The summed E-state index contributed by atoms with van der Waals surface area (Å²) in [6, 6.07) is 0. The van der Waals surface area contributed by atoms with Gasteiger partial charge in [-0.1, -0.05) is 38.3 Å². The van der Waals surface area contributed by atoms with E-state index in [4.69, 9.17) is 0 Å². The maximum atomic E-state index is 4.08. The summed E-state index contributed by atoms with van der Waals surface area (Å²) in [4.78, 5) is 0. The minimum absolute atomic E-state index is 0.841. The summed E-state index contributed by atoms with van der Waals surface area (Å²) >= 11 is 0. The molecule has 0 spiro atoms. The number of allylic oxidation sites excluding steroid dienone is 1. The Bertz CT molecular complexity index is 135. The first-order valence-electron chi connectivity index (χ1n) is 4.91. The summed E-state index contributed by atoms with van der Waals surface area (Å²) in [5.74, 6) is 1.79. The van der Waals surface area contributed by atoms with Crippen LogP contribution in [0.4, 0.5) is 0 Å². The van der Waals surface area contributed by atoms with Gasteiger partial charge >= 0.3 is 0 Å². The van der Waals surface area contributed by atoms with Crippen molar-refractivity contribution in [1.29, 1.82) is 0 Å². The number of hydrogen-bond acceptors (Lipinski definition) is 0. The molecule has 1 fully saturated rings. The molecule has 11 heavy (non-hydrogen) atoms. The predicted octanol–water partition coefficient (Wildman–Crippen LogP) is 3.78. The molecule has 0 heterocycles. The molecule has 1 rings (SSSR count). The van der Waals surface area contributed by atoms with Crippen LogP contribution >= 0.6 is 0 Å². The second-order valence-electron chi connectivity index (χ2n) is 3.91. The second kappa shape index (κ2) is 3.94. The van der Waals surface area contributed by atoms with Gasteiger partial charge in [0.05, 0.1) is 0 Å². The molecular formula is C11H20. The highest BCUT2D eigenvalue weighted by Crippen LogP contribution is 2.35. The van der Waals surface area contributed by atoms with E-state index in [9.17, 15) is 0 Å². The van der Waals surface area contributed by atoms with Crippen LogP contribution in [0.15, 0.2) is 12.2 Å². The van der Waals surface area contributed by atoms with Gasteiger partial charge in [0.1, 0.15) is 0 Å². The zero-order chi connectivity index (χ0) is 8.27. The lowest BCUT2D eigenvalue weighted by Crippen LogP contribution is -2.19. The molecule has 1 aliphatic rings. The van der Waals surface area contributed by atoms with E-state index in [0.29, 0.717) is 0 Å². The van der Waals surface area contributed by atoms with Gasteiger partial charge < -0.3 is 0 Å². The summed E-state index contributed by atoms with van der Waals surface area (Å²) in [6.45, 7) is 8.58. The molecule has 0 nitrogen and oxygen atoms in total. The molecule has 64 valence electrons. The normalized spacial score (nSPS) is 31.8. The van der Waals surface area contributed by atoms with Crippen LogP contribution in [0.1, 0.15) is 46.0 Å². The van der Waals surface area contributed by atoms with Crippen LogP contribution in [0.25, 0.3) is 0 Å². The van der Waals surface area contributed by atoms with Gasteiger partial charge in [-0.3, -0.25) is 0 Å². The SMILES string of the molecule is C=C(C)C1CCCCC1CC. The molecular weight excluding hydrogens is 132 g/mol. The lowest BCUT2D eigenvalue weighted by molar-refractivity contribution is 0.265. The van der Waals surface area contributed by atoms with E-state index in [2.05, 4.69) is 20.4 Å². The van der Waals surface area contributed by atoms with E-state index in [0.717, 1.165) is 11.8 Å². The van der Waals surface area contributed by atoms with Gasteiger partial charge in [-0.25, -0.2) is 0 Å². The van der Waals surface area contributed by atoms with Gasteiger partial charge in [0.25, 0.3) is 0 Å². The van der Waals surface area contributed by atoms with Crippen molar-refractivity contribution in [3.8, 4) is 0 Å². The highest BCUT2D eigenvalue weighted by Gasteiger charge is 2.23.